The molecule has 0 aliphatic heterocycles. The van der Waals surface area contributed by atoms with Crippen LogP contribution in [0.5, 0.6) is 0 Å². The van der Waals surface area contributed by atoms with Crippen LogP contribution in [0.3, 0.4) is 0 Å². The van der Waals surface area contributed by atoms with Gasteiger partial charge in [0.25, 0.3) is 5.91 Å². The average molecular weight is 300 g/mol. The van der Waals surface area contributed by atoms with Gasteiger partial charge in [0.15, 0.2) is 0 Å². The highest BCUT2D eigenvalue weighted by Crippen LogP contribution is 2.22. The van der Waals surface area contributed by atoms with Crippen molar-refractivity contribution in [3.8, 4) is 0 Å². The highest BCUT2D eigenvalue weighted by molar-refractivity contribution is 6.00. The number of hydrogen-bond donors (Lipinski definition) is 2. The molecule has 3 rings (SSSR count). The van der Waals surface area contributed by atoms with Gasteiger partial charge in [0, 0.05) is 17.4 Å². The number of amides is 1. The van der Waals surface area contributed by atoms with Gasteiger partial charge < -0.3 is 10.3 Å². The minimum Gasteiger partial charge on any atom is -0.350 e. The number of fused-ring (bicyclic) bond motifs is 1. The van der Waals surface area contributed by atoms with Gasteiger partial charge in [-0.25, -0.2) is 8.78 Å². The number of H-pyrrole nitrogens is 1. The molecule has 0 spiro atoms. The number of aromatic amines is 1. The quantitative estimate of drug-likeness (QED) is 0.761. The highest BCUT2D eigenvalue weighted by atomic mass is 19.1. The van der Waals surface area contributed by atoms with Gasteiger partial charge in [-0.1, -0.05) is 12.1 Å². The normalized spacial score (nSPS) is 10.9. The lowest BCUT2D eigenvalue weighted by Gasteiger charge is -2.05. The topological polar surface area (TPSA) is 44.9 Å². The first kappa shape index (κ1) is 14.3. The van der Waals surface area contributed by atoms with Crippen LogP contribution in [0, 0.1) is 18.6 Å². The molecule has 1 aromatic heterocycles. The number of aryl methyl sites for hydroxylation is 1. The molecule has 0 aliphatic rings. The van der Waals surface area contributed by atoms with Crippen LogP contribution in [0.2, 0.25) is 0 Å². The molecule has 0 aliphatic carbocycles. The van der Waals surface area contributed by atoms with Gasteiger partial charge >= 0.3 is 0 Å². The molecule has 1 heterocycles. The number of halogens is 2. The Kier molecular flexibility index (Phi) is 3.63. The SMILES string of the molecule is Cc1c(C(=O)NCc2ccc(F)cc2)[nH]c2cc(F)ccc12. The van der Waals surface area contributed by atoms with Crippen LogP contribution in [0.15, 0.2) is 42.5 Å². The Hall–Kier alpha value is -2.69. The van der Waals surface area contributed by atoms with Crippen LogP contribution in [-0.2, 0) is 6.54 Å². The standard InChI is InChI=1S/C17H14F2N2O/c1-10-14-7-6-13(19)8-15(14)21-16(10)17(22)20-9-11-2-4-12(18)5-3-11/h2-8,21H,9H2,1H3,(H,20,22). The number of carbonyl (C=O) groups excluding carboxylic acids is 1. The third kappa shape index (κ3) is 2.70. The average Bonchev–Trinajstić information content (AvgIpc) is 2.83. The van der Waals surface area contributed by atoms with Crippen LogP contribution in [-0.4, -0.2) is 10.9 Å². The molecule has 22 heavy (non-hydrogen) atoms. The van der Waals surface area contributed by atoms with Crippen LogP contribution in [0.25, 0.3) is 10.9 Å². The summed E-state index contributed by atoms with van der Waals surface area (Å²) in [5.41, 5.74) is 2.56. The predicted octanol–water partition coefficient (Wildman–Crippen LogP) is 3.68. The zero-order valence-corrected chi connectivity index (χ0v) is 11.9. The van der Waals surface area contributed by atoms with E-state index in [2.05, 4.69) is 10.3 Å². The Morgan fingerprint density at radius 2 is 1.77 bits per heavy atom. The van der Waals surface area contributed by atoms with Crippen molar-refractivity contribution < 1.29 is 13.6 Å². The van der Waals surface area contributed by atoms with Crippen LogP contribution in [0.4, 0.5) is 8.78 Å². The number of nitrogens with one attached hydrogen (secondary N) is 2. The van der Waals surface area contributed by atoms with E-state index in [-0.39, 0.29) is 17.5 Å². The monoisotopic (exact) mass is 300 g/mol. The van der Waals surface area contributed by atoms with E-state index in [0.29, 0.717) is 17.8 Å². The van der Waals surface area contributed by atoms with Crippen LogP contribution in [0.1, 0.15) is 21.6 Å². The Morgan fingerprint density at radius 1 is 1.09 bits per heavy atom. The van der Waals surface area contributed by atoms with Crippen molar-refractivity contribution >= 4 is 16.8 Å². The second-order valence-corrected chi connectivity index (χ2v) is 5.12. The molecule has 0 bridgehead atoms. The molecule has 3 aromatic rings. The number of rotatable bonds is 3. The summed E-state index contributed by atoms with van der Waals surface area (Å²) < 4.78 is 26.1. The zero-order valence-electron chi connectivity index (χ0n) is 11.9. The predicted molar refractivity (Wildman–Crippen MR) is 80.6 cm³/mol. The Morgan fingerprint density at radius 3 is 2.50 bits per heavy atom. The maximum Gasteiger partial charge on any atom is 0.268 e. The van der Waals surface area contributed by atoms with E-state index in [4.69, 9.17) is 0 Å². The van der Waals surface area contributed by atoms with Gasteiger partial charge in [-0.2, -0.15) is 0 Å². The Balaban J connectivity index is 1.80. The summed E-state index contributed by atoms with van der Waals surface area (Å²) in [7, 11) is 0. The van der Waals surface area contributed by atoms with E-state index >= 15 is 0 Å². The van der Waals surface area contributed by atoms with Crippen molar-refractivity contribution in [2.75, 3.05) is 0 Å². The zero-order chi connectivity index (χ0) is 15.7. The highest BCUT2D eigenvalue weighted by Gasteiger charge is 2.14. The largest absolute Gasteiger partial charge is 0.350 e. The van der Waals surface area contributed by atoms with Gasteiger partial charge in [-0.05, 0) is 48.4 Å². The fourth-order valence-electron chi connectivity index (χ4n) is 2.41. The Bertz CT molecular complexity index is 838. The van der Waals surface area contributed by atoms with E-state index < -0.39 is 0 Å². The fourth-order valence-corrected chi connectivity index (χ4v) is 2.41. The maximum atomic E-state index is 13.2. The van der Waals surface area contributed by atoms with Crippen LogP contribution < -0.4 is 5.32 Å². The molecular weight excluding hydrogens is 286 g/mol. The van der Waals surface area contributed by atoms with Crippen LogP contribution >= 0.6 is 0 Å². The molecule has 3 nitrogen and oxygen atoms in total. The van der Waals surface area contributed by atoms with E-state index in [1.165, 1.54) is 24.3 Å². The van der Waals surface area contributed by atoms with E-state index in [0.717, 1.165) is 16.5 Å². The molecule has 0 fully saturated rings. The molecule has 0 atom stereocenters. The van der Waals surface area contributed by atoms with Crippen molar-refractivity contribution in [3.63, 3.8) is 0 Å². The number of hydrogen-bond acceptors (Lipinski definition) is 1. The van der Waals surface area contributed by atoms with Crippen molar-refractivity contribution in [2.24, 2.45) is 0 Å². The first-order valence-corrected chi connectivity index (χ1v) is 6.85. The van der Waals surface area contributed by atoms with E-state index in [1.807, 2.05) is 6.92 Å². The number of benzene rings is 2. The molecule has 0 saturated carbocycles. The minimum absolute atomic E-state index is 0.279. The summed E-state index contributed by atoms with van der Waals surface area (Å²) in [4.78, 5) is 15.2. The molecule has 5 heteroatoms. The lowest BCUT2D eigenvalue weighted by atomic mass is 10.1. The number of aromatic nitrogens is 1. The third-order valence-electron chi connectivity index (χ3n) is 3.61. The summed E-state index contributed by atoms with van der Waals surface area (Å²) in [5, 5.41) is 3.58. The Labute approximate surface area is 126 Å². The minimum atomic E-state index is -0.355. The molecule has 0 unspecified atom stereocenters. The van der Waals surface area contributed by atoms with E-state index in [9.17, 15) is 13.6 Å². The lowest BCUT2D eigenvalue weighted by Crippen LogP contribution is -2.23. The van der Waals surface area contributed by atoms with Gasteiger partial charge in [-0.3, -0.25) is 4.79 Å². The molecule has 1 amide bonds. The van der Waals surface area contributed by atoms with E-state index in [1.54, 1.807) is 18.2 Å². The second-order valence-electron chi connectivity index (χ2n) is 5.12. The smallest absolute Gasteiger partial charge is 0.268 e. The maximum absolute atomic E-state index is 13.2. The number of carbonyl (C=O) groups is 1. The first-order valence-electron chi connectivity index (χ1n) is 6.85. The van der Waals surface area contributed by atoms with Gasteiger partial charge in [-0.15, -0.1) is 0 Å². The van der Waals surface area contributed by atoms with Gasteiger partial charge in [0.05, 0.1) is 0 Å². The molecule has 2 N–H and O–H groups in total. The summed E-state index contributed by atoms with van der Waals surface area (Å²) in [6, 6.07) is 10.3. The molecule has 0 radical (unpaired) electrons. The molecule has 0 saturated heterocycles. The third-order valence-corrected chi connectivity index (χ3v) is 3.61. The molecule has 112 valence electrons. The molecule has 2 aromatic carbocycles. The fraction of sp³-hybridized carbons (Fsp3) is 0.118. The summed E-state index contributed by atoms with van der Waals surface area (Å²) >= 11 is 0. The van der Waals surface area contributed by atoms with Crippen molar-refractivity contribution in [2.45, 2.75) is 13.5 Å². The van der Waals surface area contributed by atoms with Crippen molar-refractivity contribution in [1.29, 1.82) is 0 Å². The lowest BCUT2D eigenvalue weighted by molar-refractivity contribution is 0.0946. The first-order chi connectivity index (χ1) is 10.5. The van der Waals surface area contributed by atoms with Gasteiger partial charge in [0.2, 0.25) is 0 Å². The summed E-state index contributed by atoms with van der Waals surface area (Å²) in [5.74, 6) is -0.950. The van der Waals surface area contributed by atoms with Crippen molar-refractivity contribution in [1.82, 2.24) is 10.3 Å². The summed E-state index contributed by atoms with van der Waals surface area (Å²) in [6.07, 6.45) is 0. The van der Waals surface area contributed by atoms with Gasteiger partial charge in [0.1, 0.15) is 17.3 Å². The molecular formula is C17H14F2N2O. The second kappa shape index (κ2) is 5.60. The van der Waals surface area contributed by atoms with Crippen molar-refractivity contribution in [3.05, 3.63) is 70.9 Å². The summed E-state index contributed by atoms with van der Waals surface area (Å²) in [6.45, 7) is 2.10.